The van der Waals surface area contributed by atoms with Crippen molar-refractivity contribution in [2.75, 3.05) is 0 Å². The molecule has 58 valence electrons. The van der Waals surface area contributed by atoms with Crippen molar-refractivity contribution >= 4 is 6.08 Å². The highest BCUT2D eigenvalue weighted by Crippen LogP contribution is 2.23. The molecule has 2 heteroatoms. The molecule has 0 aromatic carbocycles. The summed E-state index contributed by atoms with van der Waals surface area (Å²) in [6.45, 7) is 4.24. The predicted octanol–water partition coefficient (Wildman–Crippen LogP) is 2.07. The predicted molar refractivity (Wildman–Crippen MR) is 45.3 cm³/mol. The van der Waals surface area contributed by atoms with Crippen LogP contribution in [0.25, 0.3) is 6.08 Å². The van der Waals surface area contributed by atoms with Gasteiger partial charge in [0, 0.05) is 11.3 Å². The van der Waals surface area contributed by atoms with E-state index in [-0.39, 0.29) is 0 Å². The van der Waals surface area contributed by atoms with Crippen LogP contribution in [0.4, 0.5) is 0 Å². The minimum Gasteiger partial charge on any atom is -0.282 e. The highest BCUT2D eigenvalue weighted by molar-refractivity contribution is 5.56. The lowest BCUT2D eigenvalue weighted by atomic mass is 9.97. The van der Waals surface area contributed by atoms with Gasteiger partial charge >= 0.3 is 0 Å². The minimum atomic E-state index is 1.14. The lowest BCUT2D eigenvalue weighted by molar-refractivity contribution is 0.919. The molecule has 0 fully saturated rings. The Morgan fingerprint density at radius 1 is 1.36 bits per heavy atom. The van der Waals surface area contributed by atoms with Crippen LogP contribution in [0, 0.1) is 6.92 Å². The lowest BCUT2D eigenvalue weighted by Crippen LogP contribution is -1.95. The zero-order chi connectivity index (χ0) is 7.84. The van der Waals surface area contributed by atoms with Gasteiger partial charge < -0.3 is 0 Å². The molecule has 0 unspecified atom stereocenters. The molecule has 0 radical (unpaired) electrons. The molecule has 1 aromatic heterocycles. The molecule has 0 saturated carbocycles. The smallest absolute Gasteiger partial charge is 0.0882 e. The number of hydrogen-bond acceptors (Lipinski definition) is 1. The largest absolute Gasteiger partial charge is 0.282 e. The number of aryl methyl sites for hydroxylation is 1. The Hall–Kier alpha value is -1.05. The normalized spacial score (nSPS) is 16.0. The zero-order valence-electron chi connectivity index (χ0n) is 6.94. The first-order valence-corrected chi connectivity index (χ1v) is 3.98. The third-order valence-electron chi connectivity index (χ3n) is 2.26. The number of fused-ring (bicyclic) bond motifs is 1. The summed E-state index contributed by atoms with van der Waals surface area (Å²) >= 11 is 0. The van der Waals surface area contributed by atoms with Crippen LogP contribution >= 0.6 is 0 Å². The summed E-state index contributed by atoms with van der Waals surface area (Å²) in [4.78, 5) is 0. The molecule has 0 bridgehead atoms. The van der Waals surface area contributed by atoms with Gasteiger partial charge in [0.2, 0.25) is 0 Å². The van der Waals surface area contributed by atoms with E-state index >= 15 is 0 Å². The molecular formula is C9H12N2. The van der Waals surface area contributed by atoms with Crippen molar-refractivity contribution in [1.82, 2.24) is 10.2 Å². The van der Waals surface area contributed by atoms with E-state index in [2.05, 4.69) is 30.1 Å². The Kier molecular flexibility index (Phi) is 1.34. The van der Waals surface area contributed by atoms with Gasteiger partial charge in [-0.3, -0.25) is 5.10 Å². The second kappa shape index (κ2) is 2.22. The minimum absolute atomic E-state index is 1.14. The third kappa shape index (κ3) is 0.985. The van der Waals surface area contributed by atoms with Gasteiger partial charge in [-0.1, -0.05) is 5.57 Å². The lowest BCUT2D eigenvalue weighted by Gasteiger charge is -2.07. The summed E-state index contributed by atoms with van der Waals surface area (Å²) in [7, 11) is 0. The fourth-order valence-electron chi connectivity index (χ4n) is 1.53. The van der Waals surface area contributed by atoms with Gasteiger partial charge in [-0.15, -0.1) is 0 Å². The molecule has 0 aliphatic heterocycles. The summed E-state index contributed by atoms with van der Waals surface area (Å²) in [5.74, 6) is 0. The van der Waals surface area contributed by atoms with Gasteiger partial charge in [0.05, 0.1) is 5.69 Å². The van der Waals surface area contributed by atoms with Crippen LogP contribution in [0.2, 0.25) is 0 Å². The molecule has 1 aromatic rings. The second-order valence-corrected chi connectivity index (χ2v) is 3.20. The van der Waals surface area contributed by atoms with E-state index in [4.69, 9.17) is 0 Å². The maximum absolute atomic E-state index is 4.21. The Labute approximate surface area is 66.3 Å². The highest BCUT2D eigenvalue weighted by atomic mass is 15.1. The molecule has 1 aliphatic rings. The molecule has 11 heavy (non-hydrogen) atoms. The Bertz CT molecular complexity index is 307. The average molecular weight is 148 g/mol. The van der Waals surface area contributed by atoms with Crippen molar-refractivity contribution in [2.24, 2.45) is 0 Å². The number of allylic oxidation sites excluding steroid dienone is 1. The number of hydrogen-bond donors (Lipinski definition) is 1. The fourth-order valence-corrected chi connectivity index (χ4v) is 1.53. The first-order valence-electron chi connectivity index (χ1n) is 3.98. The Morgan fingerprint density at radius 3 is 3.00 bits per heavy atom. The summed E-state index contributed by atoms with van der Waals surface area (Å²) in [6.07, 6.45) is 4.51. The fraction of sp³-hybridized carbons (Fsp3) is 0.444. The van der Waals surface area contributed by atoms with E-state index in [0.717, 1.165) is 12.1 Å². The van der Waals surface area contributed by atoms with Crippen LogP contribution in [0.5, 0.6) is 0 Å². The molecule has 2 rings (SSSR count). The summed E-state index contributed by atoms with van der Waals surface area (Å²) in [5, 5.41) is 7.21. The zero-order valence-corrected chi connectivity index (χ0v) is 6.94. The molecule has 1 N–H and O–H groups in total. The van der Waals surface area contributed by atoms with Crippen LogP contribution in [0.15, 0.2) is 5.57 Å². The SMILES string of the molecule is CC1=Cc2n[nH]c(C)c2CC1. The quantitative estimate of drug-likeness (QED) is 0.599. The van der Waals surface area contributed by atoms with E-state index in [0.29, 0.717) is 0 Å². The van der Waals surface area contributed by atoms with E-state index in [1.165, 1.54) is 23.3 Å². The van der Waals surface area contributed by atoms with E-state index in [9.17, 15) is 0 Å². The number of aromatic amines is 1. The molecule has 0 amide bonds. The van der Waals surface area contributed by atoms with Crippen molar-refractivity contribution < 1.29 is 0 Å². The molecule has 2 nitrogen and oxygen atoms in total. The van der Waals surface area contributed by atoms with Crippen molar-refractivity contribution in [1.29, 1.82) is 0 Å². The standard InChI is InChI=1S/C9H12N2/c1-6-3-4-8-7(2)10-11-9(8)5-6/h5H,3-4H2,1-2H3,(H,10,11). The van der Waals surface area contributed by atoms with Gasteiger partial charge in [-0.2, -0.15) is 5.10 Å². The number of H-pyrrole nitrogens is 1. The van der Waals surface area contributed by atoms with Crippen LogP contribution in [-0.2, 0) is 6.42 Å². The second-order valence-electron chi connectivity index (χ2n) is 3.20. The Morgan fingerprint density at radius 2 is 2.18 bits per heavy atom. The van der Waals surface area contributed by atoms with E-state index in [1.54, 1.807) is 0 Å². The van der Waals surface area contributed by atoms with Crippen LogP contribution in [0.1, 0.15) is 30.3 Å². The van der Waals surface area contributed by atoms with Crippen molar-refractivity contribution in [3.8, 4) is 0 Å². The van der Waals surface area contributed by atoms with Gasteiger partial charge in [0.15, 0.2) is 0 Å². The third-order valence-corrected chi connectivity index (χ3v) is 2.26. The molecule has 0 spiro atoms. The number of rotatable bonds is 0. The van der Waals surface area contributed by atoms with Crippen LogP contribution in [0.3, 0.4) is 0 Å². The summed E-state index contributed by atoms with van der Waals surface area (Å²) in [5.41, 5.74) is 5.20. The van der Waals surface area contributed by atoms with Crippen LogP contribution < -0.4 is 0 Å². The van der Waals surface area contributed by atoms with E-state index in [1.807, 2.05) is 0 Å². The van der Waals surface area contributed by atoms with Crippen molar-refractivity contribution in [2.45, 2.75) is 26.7 Å². The summed E-state index contributed by atoms with van der Waals surface area (Å²) in [6, 6.07) is 0. The van der Waals surface area contributed by atoms with Crippen molar-refractivity contribution in [3.05, 3.63) is 22.5 Å². The highest BCUT2D eigenvalue weighted by Gasteiger charge is 2.12. The van der Waals surface area contributed by atoms with Crippen molar-refractivity contribution in [3.63, 3.8) is 0 Å². The van der Waals surface area contributed by atoms with E-state index < -0.39 is 0 Å². The molecule has 0 saturated heterocycles. The number of nitrogens with zero attached hydrogens (tertiary/aromatic N) is 1. The first-order chi connectivity index (χ1) is 5.27. The number of nitrogens with one attached hydrogen (secondary N) is 1. The van der Waals surface area contributed by atoms with Gasteiger partial charge in [-0.25, -0.2) is 0 Å². The van der Waals surface area contributed by atoms with Gasteiger partial charge in [0.1, 0.15) is 0 Å². The Balaban J connectivity index is 2.53. The molecule has 1 aliphatic carbocycles. The molecular weight excluding hydrogens is 136 g/mol. The topological polar surface area (TPSA) is 28.7 Å². The summed E-state index contributed by atoms with van der Waals surface area (Å²) < 4.78 is 0. The average Bonchev–Trinajstić information content (AvgIpc) is 2.32. The number of aromatic nitrogens is 2. The molecule has 0 atom stereocenters. The maximum atomic E-state index is 4.21. The monoisotopic (exact) mass is 148 g/mol. The van der Waals surface area contributed by atoms with Gasteiger partial charge in [-0.05, 0) is 32.8 Å². The van der Waals surface area contributed by atoms with Gasteiger partial charge in [0.25, 0.3) is 0 Å². The van der Waals surface area contributed by atoms with Crippen LogP contribution in [-0.4, -0.2) is 10.2 Å². The molecule has 1 heterocycles. The first kappa shape index (κ1) is 6.65. The maximum Gasteiger partial charge on any atom is 0.0882 e.